The maximum absolute atomic E-state index is 5.80. The zero-order valence-electron chi connectivity index (χ0n) is 11.4. The van der Waals surface area contributed by atoms with Gasteiger partial charge in [-0.1, -0.05) is 6.08 Å². The Kier molecular flexibility index (Phi) is 9.19. The highest BCUT2D eigenvalue weighted by Crippen LogP contribution is 2.27. The number of hydrogen-bond acceptors (Lipinski definition) is 3. The van der Waals surface area contributed by atoms with E-state index in [0.29, 0.717) is 6.04 Å². The molecule has 1 saturated heterocycles. The number of hydrogen-bond donors (Lipinski definition) is 1. The van der Waals surface area contributed by atoms with Crippen molar-refractivity contribution < 1.29 is 4.42 Å². The molecule has 0 aliphatic carbocycles. The van der Waals surface area contributed by atoms with Crippen molar-refractivity contribution in [1.82, 2.24) is 10.2 Å². The second-order valence-electron chi connectivity index (χ2n) is 4.62. The van der Waals surface area contributed by atoms with Gasteiger partial charge in [0.15, 0.2) is 0 Å². The van der Waals surface area contributed by atoms with Crippen molar-refractivity contribution in [3.05, 3.63) is 36.3 Å². The number of aryl methyl sites for hydroxylation is 1. The lowest BCUT2D eigenvalue weighted by molar-refractivity contribution is 0.146. The molecule has 2 heterocycles. The average molecular weight is 307 g/mol. The molecule has 0 unspecified atom stereocenters. The second-order valence-corrected chi connectivity index (χ2v) is 4.62. The van der Waals surface area contributed by atoms with Crippen LogP contribution in [0, 0.1) is 6.92 Å². The van der Waals surface area contributed by atoms with Gasteiger partial charge in [-0.05, 0) is 31.9 Å². The van der Waals surface area contributed by atoms with Crippen molar-refractivity contribution in [3.8, 4) is 0 Å². The number of rotatable bonds is 5. The van der Waals surface area contributed by atoms with Crippen molar-refractivity contribution in [1.29, 1.82) is 0 Å². The van der Waals surface area contributed by atoms with E-state index in [1.165, 1.54) is 0 Å². The van der Waals surface area contributed by atoms with Crippen LogP contribution < -0.4 is 5.32 Å². The van der Waals surface area contributed by atoms with Crippen LogP contribution in [-0.2, 0) is 0 Å². The van der Waals surface area contributed by atoms with Crippen molar-refractivity contribution in [2.45, 2.75) is 25.8 Å². The van der Waals surface area contributed by atoms with Gasteiger partial charge in [0.2, 0.25) is 0 Å². The summed E-state index contributed by atoms with van der Waals surface area (Å²) < 4.78 is 5.80. The van der Waals surface area contributed by atoms with E-state index < -0.39 is 0 Å². The van der Waals surface area contributed by atoms with E-state index >= 15 is 0 Å². The molecule has 1 aliphatic heterocycles. The number of halogens is 2. The zero-order valence-corrected chi connectivity index (χ0v) is 13.1. The summed E-state index contributed by atoms with van der Waals surface area (Å²) in [5.74, 6) is 2.10. The largest absolute Gasteiger partial charge is 0.465 e. The van der Waals surface area contributed by atoms with Crippen LogP contribution in [0.25, 0.3) is 0 Å². The van der Waals surface area contributed by atoms with Gasteiger partial charge >= 0.3 is 0 Å². The summed E-state index contributed by atoms with van der Waals surface area (Å²) in [5, 5.41) is 3.39. The van der Waals surface area contributed by atoms with Gasteiger partial charge in [-0.3, -0.25) is 4.90 Å². The average Bonchev–Trinajstić information content (AvgIpc) is 2.78. The van der Waals surface area contributed by atoms with E-state index in [1.807, 2.05) is 13.0 Å². The Bertz CT molecular complexity index is 362. The van der Waals surface area contributed by atoms with Gasteiger partial charge in [0.05, 0.1) is 6.04 Å². The van der Waals surface area contributed by atoms with Gasteiger partial charge in [0.1, 0.15) is 11.5 Å². The number of furan rings is 1. The molecule has 1 aromatic rings. The lowest BCUT2D eigenvalue weighted by Crippen LogP contribution is -2.45. The third-order valence-corrected chi connectivity index (χ3v) is 3.33. The van der Waals surface area contributed by atoms with Gasteiger partial charge in [-0.2, -0.15) is 0 Å². The maximum atomic E-state index is 5.80. The van der Waals surface area contributed by atoms with E-state index in [2.05, 4.69) is 28.9 Å². The summed E-state index contributed by atoms with van der Waals surface area (Å²) in [6.45, 7) is 10.2. The van der Waals surface area contributed by atoms with E-state index in [4.69, 9.17) is 4.42 Å². The molecule has 0 saturated carbocycles. The Morgan fingerprint density at radius 2 is 2.05 bits per heavy atom. The third-order valence-electron chi connectivity index (χ3n) is 3.33. The molecule has 0 amide bonds. The molecule has 0 aromatic carbocycles. The zero-order chi connectivity index (χ0) is 12.1. The minimum Gasteiger partial charge on any atom is -0.465 e. The van der Waals surface area contributed by atoms with E-state index in [0.717, 1.165) is 50.5 Å². The molecule has 0 spiro atoms. The highest BCUT2D eigenvalue weighted by atomic mass is 35.5. The number of nitrogens with zero attached hydrogens (tertiary/aromatic N) is 1. The van der Waals surface area contributed by atoms with Gasteiger partial charge in [0.25, 0.3) is 0 Å². The quantitative estimate of drug-likeness (QED) is 0.846. The van der Waals surface area contributed by atoms with Crippen LogP contribution in [0.5, 0.6) is 0 Å². The molecular formula is C14H24Cl2N2O. The Balaban J connectivity index is 0.00000162. The SMILES string of the molecule is C=CCC[C@@H](c1ccc(C)o1)N1CCNCC1.Cl.Cl. The second kappa shape index (κ2) is 9.43. The molecule has 1 atom stereocenters. The monoisotopic (exact) mass is 306 g/mol. The lowest BCUT2D eigenvalue weighted by Gasteiger charge is -2.33. The normalized spacial score (nSPS) is 17.1. The molecule has 1 aromatic heterocycles. The van der Waals surface area contributed by atoms with Crippen LogP contribution in [-0.4, -0.2) is 31.1 Å². The molecule has 1 N–H and O–H groups in total. The first-order valence-corrected chi connectivity index (χ1v) is 6.43. The van der Waals surface area contributed by atoms with Crippen LogP contribution in [0.1, 0.15) is 30.4 Å². The molecule has 3 nitrogen and oxygen atoms in total. The van der Waals surface area contributed by atoms with E-state index in [9.17, 15) is 0 Å². The number of nitrogens with one attached hydrogen (secondary N) is 1. The first-order chi connectivity index (χ1) is 8.31. The number of allylic oxidation sites excluding steroid dienone is 1. The van der Waals surface area contributed by atoms with Crippen LogP contribution in [0.4, 0.5) is 0 Å². The lowest BCUT2D eigenvalue weighted by atomic mass is 10.1. The Labute approximate surface area is 128 Å². The predicted octanol–water partition coefficient (Wildman–Crippen LogP) is 3.34. The molecule has 2 rings (SSSR count). The summed E-state index contributed by atoms with van der Waals surface area (Å²) in [6, 6.07) is 4.58. The molecule has 110 valence electrons. The fourth-order valence-corrected chi connectivity index (χ4v) is 2.41. The summed E-state index contributed by atoms with van der Waals surface area (Å²) in [7, 11) is 0. The van der Waals surface area contributed by atoms with Crippen LogP contribution >= 0.6 is 24.8 Å². The van der Waals surface area contributed by atoms with Gasteiger partial charge in [-0.15, -0.1) is 31.4 Å². The van der Waals surface area contributed by atoms with Crippen LogP contribution in [0.2, 0.25) is 0 Å². The molecule has 0 bridgehead atoms. The first kappa shape index (κ1) is 18.5. The fraction of sp³-hybridized carbons (Fsp3) is 0.571. The molecule has 5 heteroatoms. The highest BCUT2D eigenvalue weighted by Gasteiger charge is 2.23. The van der Waals surface area contributed by atoms with Crippen LogP contribution in [0.3, 0.4) is 0 Å². The summed E-state index contributed by atoms with van der Waals surface area (Å²) in [4.78, 5) is 2.51. The Hall–Kier alpha value is -0.480. The summed E-state index contributed by atoms with van der Waals surface area (Å²) in [5.41, 5.74) is 0. The minimum absolute atomic E-state index is 0. The van der Waals surface area contributed by atoms with Crippen molar-refractivity contribution in [2.75, 3.05) is 26.2 Å². The van der Waals surface area contributed by atoms with Crippen molar-refractivity contribution >= 4 is 24.8 Å². The first-order valence-electron chi connectivity index (χ1n) is 6.43. The summed E-state index contributed by atoms with van der Waals surface area (Å²) in [6.07, 6.45) is 4.12. The number of piperazine rings is 1. The fourth-order valence-electron chi connectivity index (χ4n) is 2.41. The van der Waals surface area contributed by atoms with Gasteiger partial charge < -0.3 is 9.73 Å². The molecule has 0 radical (unpaired) electrons. The third kappa shape index (κ3) is 5.19. The van der Waals surface area contributed by atoms with E-state index in [1.54, 1.807) is 0 Å². The van der Waals surface area contributed by atoms with Crippen molar-refractivity contribution in [2.24, 2.45) is 0 Å². The van der Waals surface area contributed by atoms with Gasteiger partial charge in [0, 0.05) is 26.2 Å². The molecule has 1 fully saturated rings. The van der Waals surface area contributed by atoms with Crippen molar-refractivity contribution in [3.63, 3.8) is 0 Å². The topological polar surface area (TPSA) is 28.4 Å². The Morgan fingerprint density at radius 1 is 1.37 bits per heavy atom. The highest BCUT2D eigenvalue weighted by molar-refractivity contribution is 5.85. The maximum Gasteiger partial charge on any atom is 0.121 e. The minimum atomic E-state index is 0. The van der Waals surface area contributed by atoms with E-state index in [-0.39, 0.29) is 24.8 Å². The summed E-state index contributed by atoms with van der Waals surface area (Å²) >= 11 is 0. The van der Waals surface area contributed by atoms with Gasteiger partial charge in [-0.25, -0.2) is 0 Å². The Morgan fingerprint density at radius 3 is 2.58 bits per heavy atom. The molecular weight excluding hydrogens is 283 g/mol. The standard InChI is InChI=1S/C14H22N2O.2ClH/c1-3-4-5-13(14-7-6-12(2)17-14)16-10-8-15-9-11-16;;/h3,6-7,13,15H,1,4-5,8-11H2,2H3;2*1H/t13-;;/m0../s1. The predicted molar refractivity (Wildman–Crippen MR) is 84.6 cm³/mol. The van der Waals surface area contributed by atoms with Crippen LogP contribution in [0.15, 0.2) is 29.2 Å². The smallest absolute Gasteiger partial charge is 0.121 e. The molecule has 1 aliphatic rings. The molecule has 19 heavy (non-hydrogen) atoms.